The Hall–Kier alpha value is -4.17. The first kappa shape index (κ1) is 25.5. The highest BCUT2D eigenvalue weighted by atomic mass is 16.5. The van der Waals surface area contributed by atoms with Crippen LogP contribution in [0.3, 0.4) is 0 Å². The van der Waals surface area contributed by atoms with E-state index in [2.05, 4.69) is 27.5 Å². The van der Waals surface area contributed by atoms with Crippen LogP contribution in [-0.2, 0) is 4.79 Å². The van der Waals surface area contributed by atoms with Gasteiger partial charge in [-0.3, -0.25) is 15.1 Å². The summed E-state index contributed by atoms with van der Waals surface area (Å²) < 4.78 is 11.8. The maximum absolute atomic E-state index is 10.8. The molecule has 0 amide bonds. The monoisotopic (exact) mass is 474 g/mol. The number of carbonyl (C=O) groups is 1. The van der Waals surface area contributed by atoms with Crippen LogP contribution in [-0.4, -0.2) is 43.3 Å². The highest BCUT2D eigenvalue weighted by Crippen LogP contribution is 2.34. The minimum absolute atomic E-state index is 0.0935. The highest BCUT2D eigenvalue weighted by molar-refractivity contribution is 5.81. The molecule has 0 saturated heterocycles. The molecule has 1 fully saturated rings. The van der Waals surface area contributed by atoms with Crippen LogP contribution < -0.4 is 20.1 Å². The average Bonchev–Trinajstić information content (AvgIpc) is 3.37. The number of aliphatic imine (C=N–C) groups is 1. The van der Waals surface area contributed by atoms with Gasteiger partial charge in [-0.1, -0.05) is 36.1 Å². The number of guanidine groups is 1. The molecule has 2 aromatic carbocycles. The van der Waals surface area contributed by atoms with Crippen molar-refractivity contribution in [2.75, 3.05) is 20.2 Å². The molecule has 0 spiro atoms. The molecular weight excluding hydrogens is 444 g/mol. The molecule has 1 saturated carbocycles. The predicted octanol–water partition coefficient (Wildman–Crippen LogP) is 3.64. The van der Waals surface area contributed by atoms with Crippen LogP contribution in [0.15, 0.2) is 53.5 Å². The van der Waals surface area contributed by atoms with E-state index < -0.39 is 5.97 Å². The largest absolute Gasteiger partial charge is 0.493 e. The van der Waals surface area contributed by atoms with Crippen LogP contribution in [0.5, 0.6) is 11.5 Å². The Kier molecular flexibility index (Phi) is 9.83. The van der Waals surface area contributed by atoms with Crippen LogP contribution in [0.1, 0.15) is 49.1 Å². The first-order chi connectivity index (χ1) is 17.1. The van der Waals surface area contributed by atoms with Gasteiger partial charge in [0.25, 0.3) is 0 Å². The van der Waals surface area contributed by atoms with Crippen molar-refractivity contribution in [3.8, 4) is 29.5 Å². The van der Waals surface area contributed by atoms with Crippen LogP contribution in [0.4, 0.5) is 0 Å². The van der Waals surface area contributed by atoms with Crippen molar-refractivity contribution >= 4 is 11.9 Å². The molecule has 8 nitrogen and oxygen atoms in total. The van der Waals surface area contributed by atoms with Gasteiger partial charge in [-0.15, -0.1) is 0 Å². The van der Waals surface area contributed by atoms with E-state index in [1.807, 2.05) is 54.7 Å². The van der Waals surface area contributed by atoms with E-state index in [0.29, 0.717) is 11.5 Å². The maximum atomic E-state index is 10.8. The highest BCUT2D eigenvalue weighted by Gasteiger charge is 2.20. The van der Waals surface area contributed by atoms with Crippen LogP contribution in [0.25, 0.3) is 0 Å². The lowest BCUT2D eigenvalue weighted by Gasteiger charge is -2.18. The fourth-order valence-electron chi connectivity index (χ4n) is 3.78. The Morgan fingerprint density at radius 2 is 1.97 bits per heavy atom. The van der Waals surface area contributed by atoms with Gasteiger partial charge in [0, 0.05) is 12.1 Å². The Morgan fingerprint density at radius 1 is 1.20 bits per heavy atom. The Labute approximate surface area is 206 Å². The van der Waals surface area contributed by atoms with Crippen molar-refractivity contribution in [1.82, 2.24) is 10.6 Å². The van der Waals surface area contributed by atoms with E-state index in [4.69, 9.17) is 19.8 Å². The van der Waals surface area contributed by atoms with Crippen molar-refractivity contribution in [1.29, 1.82) is 5.26 Å². The van der Waals surface area contributed by atoms with E-state index in [0.717, 1.165) is 36.8 Å². The molecule has 1 aliphatic carbocycles. The number of hydrogen-bond donors (Lipinski definition) is 3. The molecule has 1 aliphatic rings. The number of benzene rings is 2. The summed E-state index contributed by atoms with van der Waals surface area (Å²) in [4.78, 5) is 15.3. The van der Waals surface area contributed by atoms with Crippen molar-refractivity contribution in [3.05, 3.63) is 59.7 Å². The van der Waals surface area contributed by atoms with E-state index in [1.54, 1.807) is 7.11 Å². The summed E-state index contributed by atoms with van der Waals surface area (Å²) in [5.74, 6) is 6.82. The SMILES string of the molecule is COc1ccc(C(C#Cc2ccccc2)CN=C(NC#N)NCCC(=O)O)cc1OC1CCCC1. The van der Waals surface area contributed by atoms with Gasteiger partial charge in [-0.2, -0.15) is 5.26 Å². The quantitative estimate of drug-likeness (QED) is 0.167. The van der Waals surface area contributed by atoms with Gasteiger partial charge in [-0.05, 0) is 55.5 Å². The van der Waals surface area contributed by atoms with Gasteiger partial charge in [0.2, 0.25) is 5.96 Å². The molecule has 0 radical (unpaired) electrons. The van der Waals surface area contributed by atoms with Crippen molar-refractivity contribution in [3.63, 3.8) is 0 Å². The molecule has 1 unspecified atom stereocenters. The first-order valence-electron chi connectivity index (χ1n) is 11.7. The smallest absolute Gasteiger partial charge is 0.305 e. The number of rotatable bonds is 9. The number of nitrogens with one attached hydrogen (secondary N) is 2. The summed E-state index contributed by atoms with van der Waals surface area (Å²) in [5, 5.41) is 23.2. The summed E-state index contributed by atoms with van der Waals surface area (Å²) in [6, 6.07) is 15.4. The summed E-state index contributed by atoms with van der Waals surface area (Å²) in [6.07, 6.45) is 6.29. The number of ether oxygens (including phenoxy) is 2. The lowest BCUT2D eigenvalue weighted by Crippen LogP contribution is -2.36. The third kappa shape index (κ3) is 8.28. The second kappa shape index (κ2) is 13.5. The van der Waals surface area contributed by atoms with E-state index >= 15 is 0 Å². The number of nitrogens with zero attached hydrogens (tertiary/aromatic N) is 2. The fraction of sp³-hybridized carbons (Fsp3) is 0.370. The molecule has 8 heteroatoms. The van der Waals surface area contributed by atoms with Gasteiger partial charge >= 0.3 is 5.97 Å². The average molecular weight is 475 g/mol. The topological polar surface area (TPSA) is 116 Å². The minimum Gasteiger partial charge on any atom is -0.493 e. The predicted molar refractivity (Wildman–Crippen MR) is 133 cm³/mol. The van der Waals surface area contributed by atoms with Gasteiger partial charge < -0.3 is 19.9 Å². The number of methoxy groups -OCH3 is 1. The van der Waals surface area contributed by atoms with Crippen molar-refractivity contribution in [2.45, 2.75) is 44.1 Å². The summed E-state index contributed by atoms with van der Waals surface area (Å²) in [7, 11) is 1.62. The molecule has 182 valence electrons. The summed E-state index contributed by atoms with van der Waals surface area (Å²) in [5.41, 5.74) is 1.79. The normalized spacial score (nSPS) is 14.2. The van der Waals surface area contributed by atoms with Crippen LogP contribution in [0.2, 0.25) is 0 Å². The van der Waals surface area contributed by atoms with Gasteiger partial charge in [0.15, 0.2) is 17.7 Å². The molecule has 3 N–H and O–H groups in total. The molecule has 1 atom stereocenters. The Morgan fingerprint density at radius 3 is 2.66 bits per heavy atom. The van der Waals surface area contributed by atoms with Crippen LogP contribution >= 0.6 is 0 Å². The molecule has 0 heterocycles. The van der Waals surface area contributed by atoms with E-state index in [9.17, 15) is 4.79 Å². The summed E-state index contributed by atoms with van der Waals surface area (Å²) in [6.45, 7) is 0.393. The zero-order valence-corrected chi connectivity index (χ0v) is 19.8. The molecule has 35 heavy (non-hydrogen) atoms. The Bertz CT molecular complexity index is 1110. The second-order valence-corrected chi connectivity index (χ2v) is 8.12. The standard InChI is InChI=1S/C27H30N4O4/c1-34-24-14-13-21(17-25(24)35-23-9-5-6-10-23)22(12-11-20-7-3-2-4-8-20)18-30-27(31-19-28)29-16-15-26(32)33/h2-4,7-8,13-14,17,22-23H,5-6,9-10,15-16,18H2,1H3,(H,32,33)(H2,29,30,31). The lowest BCUT2D eigenvalue weighted by atomic mass is 9.98. The third-order valence-electron chi connectivity index (χ3n) is 5.59. The second-order valence-electron chi connectivity index (χ2n) is 8.12. The molecule has 3 rings (SSSR count). The number of aliphatic carboxylic acids is 1. The zero-order valence-electron chi connectivity index (χ0n) is 19.8. The number of hydrogen-bond acceptors (Lipinski definition) is 5. The Balaban J connectivity index is 1.88. The van der Waals surface area contributed by atoms with E-state index in [-0.39, 0.29) is 37.5 Å². The van der Waals surface area contributed by atoms with Crippen LogP contribution in [0, 0.1) is 23.3 Å². The lowest BCUT2D eigenvalue weighted by molar-refractivity contribution is -0.136. The van der Waals surface area contributed by atoms with Crippen molar-refractivity contribution < 1.29 is 19.4 Å². The number of carboxylic acids is 1. The summed E-state index contributed by atoms with van der Waals surface area (Å²) >= 11 is 0. The van der Waals surface area contributed by atoms with Gasteiger partial charge in [-0.25, -0.2) is 0 Å². The maximum Gasteiger partial charge on any atom is 0.305 e. The van der Waals surface area contributed by atoms with Gasteiger partial charge in [0.05, 0.1) is 32.1 Å². The third-order valence-corrected chi connectivity index (χ3v) is 5.59. The molecule has 0 aromatic heterocycles. The molecule has 2 aromatic rings. The zero-order chi connectivity index (χ0) is 24.9. The number of nitriles is 1. The molecule has 0 bridgehead atoms. The first-order valence-corrected chi connectivity index (χ1v) is 11.7. The number of carboxylic acid groups (broad SMARTS) is 1. The minimum atomic E-state index is -0.937. The van der Waals surface area contributed by atoms with Gasteiger partial charge in [0.1, 0.15) is 0 Å². The van der Waals surface area contributed by atoms with E-state index in [1.165, 1.54) is 0 Å². The fourth-order valence-corrected chi connectivity index (χ4v) is 3.78. The van der Waals surface area contributed by atoms with Crippen molar-refractivity contribution in [2.24, 2.45) is 4.99 Å². The molecule has 0 aliphatic heterocycles. The molecular formula is C27H30N4O4.